The van der Waals surface area contributed by atoms with E-state index in [-0.39, 0.29) is 18.4 Å². The summed E-state index contributed by atoms with van der Waals surface area (Å²) >= 11 is 1.40. The van der Waals surface area contributed by atoms with Crippen molar-refractivity contribution in [2.24, 2.45) is 5.92 Å². The van der Waals surface area contributed by atoms with E-state index in [1.807, 2.05) is 44.2 Å². The average molecular weight is 411 g/mol. The second-order valence-electron chi connectivity index (χ2n) is 7.81. The van der Waals surface area contributed by atoms with Crippen LogP contribution in [0, 0.1) is 17.2 Å². The van der Waals surface area contributed by atoms with Gasteiger partial charge in [-0.25, -0.2) is 4.79 Å². The summed E-state index contributed by atoms with van der Waals surface area (Å²) in [5, 5.41) is 13.5. The topological polar surface area (TPSA) is 79.2 Å². The summed E-state index contributed by atoms with van der Waals surface area (Å²) in [6.45, 7) is 6.00. The van der Waals surface area contributed by atoms with E-state index < -0.39 is 11.4 Å². The van der Waals surface area contributed by atoms with Gasteiger partial charge in [0.2, 0.25) is 5.91 Å². The number of esters is 1. The number of carbonyl (C=O) groups is 2. The number of carbonyl (C=O) groups excluding carboxylic acids is 2. The molecule has 152 valence electrons. The van der Waals surface area contributed by atoms with Crippen molar-refractivity contribution in [3.05, 3.63) is 51.9 Å². The van der Waals surface area contributed by atoms with Gasteiger partial charge in [-0.2, -0.15) is 5.26 Å². The van der Waals surface area contributed by atoms with Crippen LogP contribution in [0.5, 0.6) is 0 Å². The summed E-state index contributed by atoms with van der Waals surface area (Å²) in [6.07, 6.45) is 2.14. The van der Waals surface area contributed by atoms with E-state index in [1.165, 1.54) is 11.3 Å². The molecule has 3 rings (SSSR count). The highest BCUT2D eigenvalue weighted by molar-refractivity contribution is 7.17. The number of ether oxygens (including phenoxy) is 1. The molecule has 6 heteroatoms. The first-order valence-electron chi connectivity index (χ1n) is 9.98. The smallest absolute Gasteiger partial charge is 0.341 e. The molecule has 29 heavy (non-hydrogen) atoms. The third-order valence-corrected chi connectivity index (χ3v) is 6.37. The lowest BCUT2D eigenvalue weighted by Gasteiger charge is -2.31. The number of hydrogen-bond donors (Lipinski definition) is 1. The molecule has 0 unspecified atom stereocenters. The number of nitrogens with zero attached hydrogens (tertiary/aromatic N) is 1. The molecule has 2 aromatic rings. The minimum Gasteiger partial charge on any atom is -0.462 e. The number of fused-ring (bicyclic) bond motifs is 1. The maximum absolute atomic E-state index is 12.7. The molecule has 1 aromatic carbocycles. The van der Waals surface area contributed by atoms with E-state index >= 15 is 0 Å². The summed E-state index contributed by atoms with van der Waals surface area (Å²) in [6, 6.07) is 12.3. The molecule has 0 saturated carbocycles. The zero-order valence-electron chi connectivity index (χ0n) is 17.1. The van der Waals surface area contributed by atoms with Crippen LogP contribution in [0.2, 0.25) is 0 Å². The number of benzene rings is 1. The molecule has 0 bridgehead atoms. The van der Waals surface area contributed by atoms with Gasteiger partial charge in [0.1, 0.15) is 5.00 Å². The fourth-order valence-corrected chi connectivity index (χ4v) is 5.21. The third-order valence-electron chi connectivity index (χ3n) is 5.22. The van der Waals surface area contributed by atoms with Gasteiger partial charge in [-0.1, -0.05) is 44.2 Å². The molecule has 0 spiro atoms. The van der Waals surface area contributed by atoms with Crippen LogP contribution in [0.4, 0.5) is 5.00 Å². The van der Waals surface area contributed by atoms with E-state index in [9.17, 15) is 14.9 Å². The molecule has 1 heterocycles. The molecule has 5 nitrogen and oxygen atoms in total. The molecule has 1 atom stereocenters. The zero-order valence-corrected chi connectivity index (χ0v) is 17.9. The van der Waals surface area contributed by atoms with E-state index in [0.717, 1.165) is 16.0 Å². The number of nitrogens with one attached hydrogen (secondary N) is 1. The van der Waals surface area contributed by atoms with E-state index in [1.54, 1.807) is 6.92 Å². The monoisotopic (exact) mass is 410 g/mol. The minimum absolute atomic E-state index is 0.112. The summed E-state index contributed by atoms with van der Waals surface area (Å²) in [5.74, 6) is -0.298. The number of rotatable bonds is 6. The predicted molar refractivity (Wildman–Crippen MR) is 114 cm³/mol. The molecule has 1 aliphatic carbocycles. The molecule has 0 radical (unpaired) electrons. The fourth-order valence-electron chi connectivity index (χ4n) is 3.84. The molecule has 1 aromatic heterocycles. The summed E-state index contributed by atoms with van der Waals surface area (Å²) in [5.41, 5.74) is 1.74. The Bertz CT molecular complexity index is 943. The summed E-state index contributed by atoms with van der Waals surface area (Å²) < 4.78 is 5.27. The summed E-state index contributed by atoms with van der Waals surface area (Å²) in [7, 11) is 0. The van der Waals surface area contributed by atoms with E-state index in [2.05, 4.69) is 11.4 Å². The quantitative estimate of drug-likeness (QED) is 0.690. The number of hydrogen-bond acceptors (Lipinski definition) is 5. The molecule has 0 saturated heterocycles. The lowest BCUT2D eigenvalue weighted by molar-refractivity contribution is -0.116. The summed E-state index contributed by atoms with van der Waals surface area (Å²) in [4.78, 5) is 26.0. The van der Waals surface area contributed by atoms with Crippen molar-refractivity contribution in [3.63, 3.8) is 0 Å². The maximum Gasteiger partial charge on any atom is 0.341 e. The Labute approximate surface area is 175 Å². The maximum atomic E-state index is 12.7. The van der Waals surface area contributed by atoms with Gasteiger partial charge in [0.25, 0.3) is 0 Å². The van der Waals surface area contributed by atoms with E-state index in [4.69, 9.17) is 4.74 Å². The first-order chi connectivity index (χ1) is 13.9. The molecule has 1 N–H and O–H groups in total. The molecule has 0 aliphatic heterocycles. The standard InChI is InChI=1S/C23H26N2O3S/c1-4-28-22(27)20-17-10-11-23(14-24,16-8-6-5-7-9-16)13-18(17)29-21(20)25-19(26)12-15(2)3/h5-9,15H,4,10-13H2,1-3H3,(H,25,26)/t23-/m0/s1. The number of thiophene rings is 1. The van der Waals surface area contributed by atoms with Gasteiger partial charge in [-0.05, 0) is 36.8 Å². The fraction of sp³-hybridized carbons (Fsp3) is 0.435. The highest BCUT2D eigenvalue weighted by Gasteiger charge is 2.40. The Balaban J connectivity index is 2.00. The Morgan fingerprint density at radius 1 is 1.31 bits per heavy atom. The number of nitriles is 1. The van der Waals surface area contributed by atoms with Crippen molar-refractivity contribution >= 4 is 28.2 Å². The van der Waals surface area contributed by atoms with Crippen LogP contribution in [0.25, 0.3) is 0 Å². The van der Waals surface area contributed by atoms with Crippen molar-refractivity contribution in [2.45, 2.75) is 51.9 Å². The van der Waals surface area contributed by atoms with E-state index in [0.29, 0.717) is 36.2 Å². The van der Waals surface area contributed by atoms with Crippen molar-refractivity contribution in [3.8, 4) is 6.07 Å². The van der Waals surface area contributed by atoms with Crippen LogP contribution in [0.1, 0.15) is 60.0 Å². The molecular weight excluding hydrogens is 384 g/mol. The molecule has 1 amide bonds. The van der Waals surface area contributed by atoms with Gasteiger partial charge >= 0.3 is 5.97 Å². The molecule has 0 fully saturated rings. The van der Waals surface area contributed by atoms with Crippen LogP contribution < -0.4 is 5.32 Å². The van der Waals surface area contributed by atoms with Crippen LogP contribution in [0.15, 0.2) is 30.3 Å². The van der Waals surface area contributed by atoms with Crippen molar-refractivity contribution < 1.29 is 14.3 Å². The van der Waals surface area contributed by atoms with Crippen LogP contribution in [-0.2, 0) is 27.8 Å². The van der Waals surface area contributed by atoms with Gasteiger partial charge < -0.3 is 10.1 Å². The second-order valence-corrected chi connectivity index (χ2v) is 8.92. The van der Waals surface area contributed by atoms with Gasteiger partial charge in [0.15, 0.2) is 0 Å². The zero-order chi connectivity index (χ0) is 21.0. The Morgan fingerprint density at radius 3 is 2.66 bits per heavy atom. The minimum atomic E-state index is -0.621. The van der Waals surface area contributed by atoms with Gasteiger partial charge in [-0.15, -0.1) is 11.3 Å². The largest absolute Gasteiger partial charge is 0.462 e. The molecular formula is C23H26N2O3S. The van der Waals surface area contributed by atoms with Crippen LogP contribution in [0.3, 0.4) is 0 Å². The van der Waals surface area contributed by atoms with Crippen molar-refractivity contribution in [1.29, 1.82) is 5.26 Å². The Morgan fingerprint density at radius 2 is 2.03 bits per heavy atom. The number of anilines is 1. The SMILES string of the molecule is CCOC(=O)c1c(NC(=O)CC(C)C)sc2c1CC[C@](C#N)(c1ccccc1)C2. The number of amides is 1. The normalized spacial score (nSPS) is 18.0. The van der Waals surface area contributed by atoms with Gasteiger partial charge in [0, 0.05) is 17.7 Å². The average Bonchev–Trinajstić information content (AvgIpc) is 3.04. The van der Waals surface area contributed by atoms with Crippen LogP contribution in [-0.4, -0.2) is 18.5 Å². The highest BCUT2D eigenvalue weighted by Crippen LogP contribution is 2.45. The third kappa shape index (κ3) is 4.35. The predicted octanol–water partition coefficient (Wildman–Crippen LogP) is 4.86. The first-order valence-corrected chi connectivity index (χ1v) is 10.8. The van der Waals surface area contributed by atoms with Gasteiger partial charge in [0.05, 0.1) is 23.7 Å². The van der Waals surface area contributed by atoms with Crippen LogP contribution >= 0.6 is 11.3 Å². The Kier molecular flexibility index (Phi) is 6.39. The molecule has 1 aliphatic rings. The highest BCUT2D eigenvalue weighted by atomic mass is 32.1. The lowest BCUT2D eigenvalue weighted by atomic mass is 9.70. The first kappa shape index (κ1) is 21.1. The van der Waals surface area contributed by atoms with Crippen molar-refractivity contribution in [2.75, 3.05) is 11.9 Å². The Hall–Kier alpha value is -2.65. The second kappa shape index (κ2) is 8.79. The van der Waals surface area contributed by atoms with Crippen molar-refractivity contribution in [1.82, 2.24) is 0 Å². The van der Waals surface area contributed by atoms with Gasteiger partial charge in [-0.3, -0.25) is 4.79 Å². The lowest BCUT2D eigenvalue weighted by Crippen LogP contribution is -2.31.